The van der Waals surface area contributed by atoms with Gasteiger partial charge in [0.05, 0.1) is 22.0 Å². The number of rotatable bonds is 8. The topological polar surface area (TPSA) is 129 Å². The number of nitro groups is 1. The molecule has 188 valence electrons. The van der Waals surface area contributed by atoms with Crippen molar-refractivity contribution < 1.29 is 14.5 Å². The molecule has 0 aliphatic rings. The second kappa shape index (κ2) is 11.1. The molecule has 10 nitrogen and oxygen atoms in total. The van der Waals surface area contributed by atoms with Crippen LogP contribution in [0.1, 0.15) is 23.9 Å². The minimum absolute atomic E-state index is 0.0641. The first-order valence-electron chi connectivity index (χ1n) is 11.3. The number of nitrogens with zero attached hydrogens (tertiary/aromatic N) is 4. The summed E-state index contributed by atoms with van der Waals surface area (Å²) < 4.78 is 7.35. The number of nitrogens with one attached hydrogen (secondary N) is 1. The summed E-state index contributed by atoms with van der Waals surface area (Å²) >= 11 is 3.36. The lowest BCUT2D eigenvalue weighted by Gasteiger charge is -2.10. The third-order valence-electron chi connectivity index (χ3n) is 5.47. The van der Waals surface area contributed by atoms with Crippen molar-refractivity contribution in [3.63, 3.8) is 0 Å². The summed E-state index contributed by atoms with van der Waals surface area (Å²) in [4.78, 5) is 40.9. The van der Waals surface area contributed by atoms with E-state index in [-0.39, 0.29) is 17.0 Å². The maximum Gasteiger partial charge on any atom is 0.311 e. The highest BCUT2D eigenvalue weighted by Gasteiger charge is 2.17. The van der Waals surface area contributed by atoms with Gasteiger partial charge in [-0.3, -0.25) is 19.7 Å². The predicted molar refractivity (Wildman–Crippen MR) is 144 cm³/mol. The van der Waals surface area contributed by atoms with Crippen molar-refractivity contribution in [2.24, 2.45) is 5.10 Å². The normalized spacial score (nSPS) is 11.1. The SMILES string of the molecule is CCc1nc2ccc(Br)cc2c(=O)n1N=Cc1ccc(OCC(=O)Nc2ccccc2C)c([N+](=O)[O-])c1. The standard InChI is InChI=1S/C26H22BrN5O5/c1-3-24-29-21-10-9-18(27)13-19(21)26(34)31(24)28-14-17-8-11-23(22(12-17)32(35)36)37-15-25(33)30-20-7-5-4-6-16(20)2/h4-14H,3,15H2,1-2H3,(H,30,33). The van der Waals surface area contributed by atoms with Crippen LogP contribution in [0.2, 0.25) is 0 Å². The molecule has 0 unspecified atom stereocenters. The Kier molecular flexibility index (Phi) is 7.73. The van der Waals surface area contributed by atoms with Gasteiger partial charge < -0.3 is 10.1 Å². The number of para-hydroxylation sites is 1. The van der Waals surface area contributed by atoms with Gasteiger partial charge >= 0.3 is 5.69 Å². The zero-order valence-electron chi connectivity index (χ0n) is 20.0. The first kappa shape index (κ1) is 25.7. The van der Waals surface area contributed by atoms with Crippen molar-refractivity contribution >= 4 is 50.3 Å². The van der Waals surface area contributed by atoms with Crippen molar-refractivity contribution in [3.05, 3.63) is 103 Å². The Morgan fingerprint density at radius 1 is 1.22 bits per heavy atom. The number of fused-ring (bicyclic) bond motifs is 1. The first-order valence-corrected chi connectivity index (χ1v) is 12.1. The molecule has 4 aromatic rings. The molecule has 0 saturated heterocycles. The smallest absolute Gasteiger partial charge is 0.311 e. The summed E-state index contributed by atoms with van der Waals surface area (Å²) in [7, 11) is 0. The maximum absolute atomic E-state index is 13.0. The second-order valence-corrected chi connectivity index (χ2v) is 8.96. The fraction of sp³-hybridized carbons (Fsp3) is 0.154. The van der Waals surface area contributed by atoms with Crippen molar-refractivity contribution in [2.45, 2.75) is 20.3 Å². The molecule has 37 heavy (non-hydrogen) atoms. The molecule has 11 heteroatoms. The van der Waals surface area contributed by atoms with Gasteiger partial charge in [0.25, 0.3) is 11.5 Å². The van der Waals surface area contributed by atoms with Crippen LogP contribution in [0.3, 0.4) is 0 Å². The molecule has 4 rings (SSSR count). The van der Waals surface area contributed by atoms with Crippen molar-refractivity contribution in [2.75, 3.05) is 11.9 Å². The number of carbonyl (C=O) groups excluding carboxylic acids is 1. The van der Waals surface area contributed by atoms with E-state index >= 15 is 0 Å². The Balaban J connectivity index is 1.56. The largest absolute Gasteiger partial charge is 0.477 e. The summed E-state index contributed by atoms with van der Waals surface area (Å²) in [6.07, 6.45) is 1.80. The summed E-state index contributed by atoms with van der Waals surface area (Å²) in [6.45, 7) is 3.30. The van der Waals surface area contributed by atoms with E-state index in [9.17, 15) is 19.7 Å². The molecule has 0 spiro atoms. The zero-order valence-corrected chi connectivity index (χ0v) is 21.6. The van der Waals surface area contributed by atoms with Crippen molar-refractivity contribution in [3.8, 4) is 5.75 Å². The van der Waals surface area contributed by atoms with Crippen molar-refractivity contribution in [1.82, 2.24) is 9.66 Å². The molecular formula is C26H22BrN5O5. The molecule has 0 saturated carbocycles. The third kappa shape index (κ3) is 5.89. The minimum Gasteiger partial charge on any atom is -0.477 e. The Labute approximate surface area is 219 Å². The lowest BCUT2D eigenvalue weighted by molar-refractivity contribution is -0.385. The van der Waals surface area contributed by atoms with Crippen LogP contribution in [0.15, 0.2) is 75.0 Å². The van der Waals surface area contributed by atoms with Gasteiger partial charge in [0.15, 0.2) is 12.4 Å². The van der Waals surface area contributed by atoms with E-state index in [1.807, 2.05) is 26.0 Å². The van der Waals surface area contributed by atoms with E-state index in [1.165, 1.54) is 23.0 Å². The zero-order chi connectivity index (χ0) is 26.5. The first-order chi connectivity index (χ1) is 17.8. The number of ether oxygens (including phenoxy) is 1. The Bertz CT molecular complexity index is 1600. The van der Waals surface area contributed by atoms with Gasteiger partial charge in [-0.25, -0.2) is 4.98 Å². The van der Waals surface area contributed by atoms with E-state index in [4.69, 9.17) is 4.74 Å². The summed E-state index contributed by atoms with van der Waals surface area (Å²) in [5.74, 6) is -0.0629. The van der Waals surface area contributed by atoms with Gasteiger partial charge in [-0.1, -0.05) is 41.1 Å². The molecule has 1 heterocycles. The van der Waals surface area contributed by atoms with Crippen LogP contribution >= 0.6 is 15.9 Å². The number of benzene rings is 3. The highest BCUT2D eigenvalue weighted by Crippen LogP contribution is 2.27. The predicted octanol–water partition coefficient (Wildman–Crippen LogP) is 4.84. The van der Waals surface area contributed by atoms with Gasteiger partial charge in [-0.2, -0.15) is 9.78 Å². The third-order valence-corrected chi connectivity index (χ3v) is 5.96. The Hall–Kier alpha value is -4.38. The van der Waals surface area contributed by atoms with E-state index < -0.39 is 17.4 Å². The lowest BCUT2D eigenvalue weighted by Crippen LogP contribution is -2.22. The van der Waals surface area contributed by atoms with Gasteiger partial charge in [-0.15, -0.1) is 0 Å². The number of anilines is 1. The summed E-state index contributed by atoms with van der Waals surface area (Å²) in [5, 5.41) is 19.0. The summed E-state index contributed by atoms with van der Waals surface area (Å²) in [6, 6.07) is 16.7. The fourth-order valence-electron chi connectivity index (χ4n) is 3.59. The molecule has 0 radical (unpaired) electrons. The van der Waals surface area contributed by atoms with E-state index in [0.717, 1.165) is 10.0 Å². The molecule has 0 fully saturated rings. The van der Waals surface area contributed by atoms with Gasteiger partial charge in [0.1, 0.15) is 5.82 Å². The second-order valence-electron chi connectivity index (χ2n) is 8.04. The number of amides is 1. The molecular weight excluding hydrogens is 542 g/mol. The Morgan fingerprint density at radius 2 is 2.00 bits per heavy atom. The average molecular weight is 564 g/mol. The quantitative estimate of drug-likeness (QED) is 0.185. The van der Waals surface area contributed by atoms with Crippen LogP contribution in [0.25, 0.3) is 10.9 Å². The molecule has 0 aliphatic heterocycles. The highest BCUT2D eigenvalue weighted by atomic mass is 79.9. The molecule has 3 aromatic carbocycles. The average Bonchev–Trinajstić information content (AvgIpc) is 2.88. The number of hydrogen-bond acceptors (Lipinski definition) is 7. The van der Waals surface area contributed by atoms with Gasteiger partial charge in [0.2, 0.25) is 0 Å². The molecule has 1 aromatic heterocycles. The Morgan fingerprint density at radius 3 is 2.73 bits per heavy atom. The molecule has 0 bridgehead atoms. The molecule has 0 atom stereocenters. The lowest BCUT2D eigenvalue weighted by atomic mass is 10.2. The number of aryl methyl sites for hydroxylation is 2. The van der Waals surface area contributed by atoms with E-state index in [1.54, 1.807) is 36.4 Å². The highest BCUT2D eigenvalue weighted by molar-refractivity contribution is 9.10. The van der Waals surface area contributed by atoms with Gasteiger partial charge in [-0.05, 0) is 48.9 Å². The monoisotopic (exact) mass is 563 g/mol. The number of halogens is 1. The van der Waals surface area contributed by atoms with Crippen molar-refractivity contribution in [1.29, 1.82) is 0 Å². The number of aromatic nitrogens is 2. The van der Waals surface area contributed by atoms with Crippen LogP contribution in [-0.4, -0.2) is 33.3 Å². The maximum atomic E-state index is 13.0. The van der Waals surface area contributed by atoms with Crippen LogP contribution in [-0.2, 0) is 11.2 Å². The number of carbonyl (C=O) groups is 1. The molecule has 1 amide bonds. The van der Waals surface area contributed by atoms with E-state index in [2.05, 4.69) is 31.3 Å². The summed E-state index contributed by atoms with van der Waals surface area (Å²) in [5.41, 5.74) is 1.75. The number of nitro benzene ring substituents is 1. The van der Waals surface area contributed by atoms with Crippen LogP contribution in [0.4, 0.5) is 11.4 Å². The van der Waals surface area contributed by atoms with Gasteiger partial charge in [0, 0.05) is 28.2 Å². The minimum atomic E-state index is -0.606. The van der Waals surface area contributed by atoms with Crippen LogP contribution in [0, 0.1) is 17.0 Å². The van der Waals surface area contributed by atoms with Crippen LogP contribution < -0.4 is 15.6 Å². The fourth-order valence-corrected chi connectivity index (χ4v) is 3.95. The van der Waals surface area contributed by atoms with Crippen LogP contribution in [0.5, 0.6) is 5.75 Å². The molecule has 0 aliphatic carbocycles. The number of hydrogen-bond donors (Lipinski definition) is 1. The van der Waals surface area contributed by atoms with E-state index in [0.29, 0.717) is 34.4 Å². The molecule has 1 N–H and O–H groups in total.